The molecule has 8 rings (SSSR count). The Morgan fingerprint density at radius 3 is 2.42 bits per heavy atom. The highest BCUT2D eigenvalue weighted by Crippen LogP contribution is 2.47. The number of aromatic nitrogens is 3. The summed E-state index contributed by atoms with van der Waals surface area (Å²) >= 11 is 0. The van der Waals surface area contributed by atoms with Crippen molar-refractivity contribution in [1.29, 1.82) is 0 Å². The minimum Gasteiger partial charge on any atom is -0.508 e. The Kier molecular flexibility index (Phi) is 7.01. The van der Waals surface area contributed by atoms with Gasteiger partial charge in [-0.15, -0.1) is 0 Å². The summed E-state index contributed by atoms with van der Waals surface area (Å²) in [6, 6.07) is 11.7. The van der Waals surface area contributed by atoms with Crippen molar-refractivity contribution in [2.75, 3.05) is 6.61 Å². The lowest BCUT2D eigenvalue weighted by molar-refractivity contribution is -0.249. The first kappa shape index (κ1) is 30.4. The number of phenols is 1. The number of carbonyl (C=O) groups excluding carboxylic acids is 2. The molecule has 14 heteroatoms. The highest BCUT2D eigenvalue weighted by atomic mass is 16.6. The number of nitrogens with one attached hydrogen (secondary N) is 2. The standard InChI is InChI=1S/C34H31N5O9/c1-14-2-4-18-20(8-14)37-27-23(18)25-26(33(47)39(32(25)46)36-11-15-6-7-35-10-16(15)12-40)24-19-5-3-17(42)9-21(19)38(28(24)27)34-31(45)30(44)29(43)22(13-41)48-34/h2-10,22,29-31,34,36-37,40-45H,11-13H2,1H3. The van der Waals surface area contributed by atoms with Crippen LogP contribution in [0.25, 0.3) is 43.6 Å². The number of H-pyrrole nitrogens is 1. The molecular formula is C34H31N5O9. The molecule has 1 fully saturated rings. The number of pyridine rings is 1. The molecule has 5 unspecified atom stereocenters. The predicted octanol–water partition coefficient (Wildman–Crippen LogP) is 1.60. The number of hydrogen-bond donors (Lipinski definition) is 8. The van der Waals surface area contributed by atoms with Gasteiger partial charge in [-0.25, -0.2) is 10.4 Å². The van der Waals surface area contributed by atoms with Crippen molar-refractivity contribution in [2.24, 2.45) is 0 Å². The number of fused-ring (bicyclic) bond motifs is 10. The maximum Gasteiger partial charge on any atom is 0.276 e. The lowest BCUT2D eigenvalue weighted by Gasteiger charge is -2.41. The molecule has 3 aromatic carbocycles. The van der Waals surface area contributed by atoms with E-state index in [4.69, 9.17) is 4.74 Å². The van der Waals surface area contributed by atoms with E-state index >= 15 is 0 Å². The molecule has 2 aliphatic rings. The first-order valence-corrected chi connectivity index (χ1v) is 15.3. The van der Waals surface area contributed by atoms with Crippen LogP contribution in [0.15, 0.2) is 54.9 Å². The number of aromatic hydroxyl groups is 1. The number of aliphatic hydroxyl groups is 5. The van der Waals surface area contributed by atoms with Crippen LogP contribution < -0.4 is 5.43 Å². The van der Waals surface area contributed by atoms with Gasteiger partial charge in [-0.05, 0) is 42.3 Å². The number of carbonyl (C=O) groups is 2. The molecule has 0 radical (unpaired) electrons. The largest absolute Gasteiger partial charge is 0.508 e. The molecule has 0 saturated carbocycles. The molecule has 6 aromatic rings. The molecule has 5 heterocycles. The first-order valence-electron chi connectivity index (χ1n) is 15.3. The van der Waals surface area contributed by atoms with Crippen molar-refractivity contribution >= 4 is 55.4 Å². The Hall–Kier alpha value is -4.93. The number of imide groups is 1. The Bertz CT molecular complexity index is 2310. The SMILES string of the molecule is Cc1ccc2c(c1)[nH]c1c2c2c(c3c4ccc(O)cc4n(C4OC(CO)C(O)C(O)C4O)c13)C(=O)N(NCc1ccncc1CO)C2=O. The van der Waals surface area contributed by atoms with Crippen LogP contribution in [0, 0.1) is 6.92 Å². The fourth-order valence-corrected chi connectivity index (χ4v) is 7.18. The molecule has 3 aromatic heterocycles. The van der Waals surface area contributed by atoms with Gasteiger partial charge in [0.2, 0.25) is 0 Å². The Morgan fingerprint density at radius 2 is 1.67 bits per heavy atom. The molecule has 5 atom stereocenters. The number of aryl methyl sites for hydroxylation is 1. The van der Waals surface area contributed by atoms with Gasteiger partial charge in [0.25, 0.3) is 11.8 Å². The zero-order valence-electron chi connectivity index (χ0n) is 25.5. The molecule has 246 valence electrons. The molecule has 2 amide bonds. The summed E-state index contributed by atoms with van der Waals surface area (Å²) < 4.78 is 7.55. The number of hydrazine groups is 1. The normalized spacial score (nSPS) is 23.0. The topological polar surface area (TPSA) is 214 Å². The van der Waals surface area contributed by atoms with E-state index in [1.807, 2.05) is 25.1 Å². The van der Waals surface area contributed by atoms with Gasteiger partial charge in [-0.2, -0.15) is 0 Å². The van der Waals surface area contributed by atoms with Crippen molar-refractivity contribution < 1.29 is 45.0 Å². The molecule has 48 heavy (non-hydrogen) atoms. The van der Waals surface area contributed by atoms with Crippen LogP contribution in [0.1, 0.15) is 43.6 Å². The van der Waals surface area contributed by atoms with E-state index in [-0.39, 0.29) is 30.0 Å². The summed E-state index contributed by atoms with van der Waals surface area (Å²) in [6.07, 6.45) is -4.62. The van der Waals surface area contributed by atoms with Crippen LogP contribution in [0.2, 0.25) is 0 Å². The lowest BCUT2D eigenvalue weighted by atomic mass is 9.96. The van der Waals surface area contributed by atoms with Gasteiger partial charge in [0.1, 0.15) is 30.2 Å². The van der Waals surface area contributed by atoms with Gasteiger partial charge in [0, 0.05) is 57.6 Å². The average Bonchev–Trinajstić information content (AvgIpc) is 3.69. The number of hydrogen-bond acceptors (Lipinski definition) is 11. The molecule has 14 nitrogen and oxygen atoms in total. The smallest absolute Gasteiger partial charge is 0.276 e. The van der Waals surface area contributed by atoms with Crippen LogP contribution in [0.5, 0.6) is 5.75 Å². The maximum absolute atomic E-state index is 14.4. The number of rotatable bonds is 6. The molecule has 8 N–H and O–H groups in total. The van der Waals surface area contributed by atoms with Crippen molar-refractivity contribution in [3.05, 3.63) is 82.7 Å². The summed E-state index contributed by atoms with van der Waals surface area (Å²) in [7, 11) is 0. The molecule has 0 aliphatic carbocycles. The minimum absolute atomic E-state index is 0.0315. The third kappa shape index (κ3) is 4.22. The van der Waals surface area contributed by atoms with Crippen LogP contribution in [-0.4, -0.2) is 93.0 Å². The Balaban J connectivity index is 1.44. The van der Waals surface area contributed by atoms with Crippen molar-refractivity contribution in [1.82, 2.24) is 25.0 Å². The van der Waals surface area contributed by atoms with E-state index in [0.717, 1.165) is 10.6 Å². The third-order valence-corrected chi connectivity index (χ3v) is 9.49. The van der Waals surface area contributed by atoms with E-state index in [1.54, 1.807) is 18.3 Å². The van der Waals surface area contributed by atoms with Crippen LogP contribution in [-0.2, 0) is 17.9 Å². The highest BCUT2D eigenvalue weighted by molar-refractivity contribution is 6.39. The van der Waals surface area contributed by atoms with Gasteiger partial charge in [-0.3, -0.25) is 14.6 Å². The monoisotopic (exact) mass is 653 g/mol. The highest BCUT2D eigenvalue weighted by Gasteiger charge is 2.47. The van der Waals surface area contributed by atoms with E-state index in [0.29, 0.717) is 54.7 Å². The number of ether oxygens (including phenoxy) is 1. The molecule has 2 aliphatic heterocycles. The van der Waals surface area contributed by atoms with Crippen molar-refractivity contribution in [2.45, 2.75) is 50.7 Å². The number of amides is 2. The summed E-state index contributed by atoms with van der Waals surface area (Å²) in [6.45, 7) is 0.999. The van der Waals surface area contributed by atoms with E-state index < -0.39 is 49.1 Å². The number of nitrogens with zero attached hydrogens (tertiary/aromatic N) is 3. The molecule has 0 spiro atoms. The van der Waals surface area contributed by atoms with Gasteiger partial charge in [0.15, 0.2) is 6.23 Å². The van der Waals surface area contributed by atoms with E-state index in [9.17, 15) is 40.2 Å². The van der Waals surface area contributed by atoms with E-state index in [2.05, 4.69) is 15.4 Å². The zero-order valence-corrected chi connectivity index (χ0v) is 25.5. The summed E-state index contributed by atoms with van der Waals surface area (Å²) in [4.78, 5) is 36.2. The maximum atomic E-state index is 14.4. The quantitative estimate of drug-likeness (QED) is 0.121. The number of aliphatic hydroxyl groups excluding tert-OH is 5. The summed E-state index contributed by atoms with van der Waals surface area (Å²) in [5.41, 5.74) is 6.99. The third-order valence-electron chi connectivity index (χ3n) is 9.49. The zero-order chi connectivity index (χ0) is 33.6. The predicted molar refractivity (Wildman–Crippen MR) is 172 cm³/mol. The summed E-state index contributed by atoms with van der Waals surface area (Å²) in [5, 5.41) is 65.9. The second kappa shape index (κ2) is 11.1. The van der Waals surface area contributed by atoms with Crippen LogP contribution in [0.4, 0.5) is 0 Å². The first-order chi connectivity index (χ1) is 23.1. The van der Waals surface area contributed by atoms with Crippen LogP contribution >= 0.6 is 0 Å². The molecule has 0 bridgehead atoms. The Morgan fingerprint density at radius 1 is 0.917 bits per heavy atom. The lowest BCUT2D eigenvalue weighted by Crippen LogP contribution is -2.56. The molecule has 1 saturated heterocycles. The number of phenolic OH excluding ortho intramolecular Hbond substituents is 1. The second-order valence-electron chi connectivity index (χ2n) is 12.3. The van der Waals surface area contributed by atoms with E-state index in [1.165, 1.54) is 22.9 Å². The van der Waals surface area contributed by atoms with Gasteiger partial charge >= 0.3 is 0 Å². The van der Waals surface area contributed by atoms with Crippen LogP contribution in [0.3, 0.4) is 0 Å². The Labute approximate surface area is 271 Å². The molecular weight excluding hydrogens is 622 g/mol. The average molecular weight is 654 g/mol. The number of benzene rings is 3. The number of aromatic amines is 1. The van der Waals surface area contributed by atoms with Gasteiger partial charge in [-0.1, -0.05) is 12.1 Å². The van der Waals surface area contributed by atoms with Gasteiger partial charge in [0.05, 0.1) is 40.9 Å². The fraction of sp³-hybridized carbons (Fsp3) is 0.265. The van der Waals surface area contributed by atoms with Gasteiger partial charge < -0.3 is 44.9 Å². The van der Waals surface area contributed by atoms with Crippen molar-refractivity contribution in [3.63, 3.8) is 0 Å². The summed E-state index contributed by atoms with van der Waals surface area (Å²) in [5.74, 6) is -1.39. The second-order valence-corrected chi connectivity index (χ2v) is 12.3. The van der Waals surface area contributed by atoms with Crippen molar-refractivity contribution in [3.8, 4) is 5.75 Å². The fourth-order valence-electron chi connectivity index (χ4n) is 7.18. The minimum atomic E-state index is -1.71.